The van der Waals surface area contributed by atoms with Crippen LogP contribution < -0.4 is 10.1 Å². The molecule has 0 aliphatic heterocycles. The van der Waals surface area contributed by atoms with Gasteiger partial charge in [-0.3, -0.25) is 9.36 Å². The second kappa shape index (κ2) is 11.2. The van der Waals surface area contributed by atoms with Crippen LogP contribution in [-0.2, 0) is 11.3 Å². The Morgan fingerprint density at radius 3 is 2.58 bits per heavy atom. The molecule has 0 saturated carbocycles. The van der Waals surface area contributed by atoms with Crippen molar-refractivity contribution in [3.8, 4) is 5.75 Å². The van der Waals surface area contributed by atoms with Crippen LogP contribution in [0.2, 0.25) is 0 Å². The summed E-state index contributed by atoms with van der Waals surface area (Å²) >= 11 is 4.77. The fourth-order valence-electron chi connectivity index (χ4n) is 3.02. The molecule has 8 heteroatoms. The van der Waals surface area contributed by atoms with E-state index in [0.717, 1.165) is 15.8 Å². The van der Waals surface area contributed by atoms with Gasteiger partial charge in [0, 0.05) is 11.0 Å². The van der Waals surface area contributed by atoms with E-state index >= 15 is 0 Å². The Bertz CT molecular complexity index is 1010. The van der Waals surface area contributed by atoms with Gasteiger partial charge in [0.1, 0.15) is 5.75 Å². The van der Waals surface area contributed by atoms with E-state index in [-0.39, 0.29) is 23.8 Å². The van der Waals surface area contributed by atoms with Gasteiger partial charge >= 0.3 is 0 Å². The molecule has 3 rings (SSSR count). The van der Waals surface area contributed by atoms with Crippen LogP contribution in [0.25, 0.3) is 0 Å². The molecule has 3 aromatic rings. The van der Waals surface area contributed by atoms with Crippen molar-refractivity contribution in [3.63, 3.8) is 0 Å². The third-order valence-electron chi connectivity index (χ3n) is 4.56. The van der Waals surface area contributed by atoms with Crippen molar-refractivity contribution >= 4 is 33.6 Å². The van der Waals surface area contributed by atoms with Gasteiger partial charge in [0.25, 0.3) is 0 Å². The molecule has 1 N–H and O–H groups in total. The van der Waals surface area contributed by atoms with Crippen molar-refractivity contribution < 1.29 is 9.53 Å². The van der Waals surface area contributed by atoms with Crippen LogP contribution >= 0.6 is 27.7 Å². The van der Waals surface area contributed by atoms with Crippen molar-refractivity contribution in [2.24, 2.45) is 0 Å². The van der Waals surface area contributed by atoms with Gasteiger partial charge in [0.15, 0.2) is 17.1 Å². The lowest BCUT2D eigenvalue weighted by molar-refractivity contribution is -0.119. The summed E-state index contributed by atoms with van der Waals surface area (Å²) in [5, 5.41) is 12.3. The highest BCUT2D eigenvalue weighted by Gasteiger charge is 2.20. The third kappa shape index (κ3) is 6.45. The molecule has 1 heterocycles. The van der Waals surface area contributed by atoms with E-state index < -0.39 is 0 Å². The summed E-state index contributed by atoms with van der Waals surface area (Å²) in [6.07, 6.45) is 1.47. The molecular formula is C23H25BrN4O2S. The van der Waals surface area contributed by atoms with E-state index in [0.29, 0.717) is 17.5 Å². The first kappa shape index (κ1) is 23.1. The molecule has 1 amide bonds. The Kier molecular flexibility index (Phi) is 8.31. The number of hydrogen-bond donors (Lipinski definition) is 1. The number of aromatic nitrogens is 3. The molecule has 0 radical (unpaired) electrons. The number of nitrogens with one attached hydrogen (secondary N) is 1. The average Bonchev–Trinajstić information content (AvgIpc) is 3.17. The lowest BCUT2D eigenvalue weighted by Crippen LogP contribution is -2.28. The van der Waals surface area contributed by atoms with Crippen molar-refractivity contribution in [3.05, 3.63) is 83.1 Å². The molecular weight excluding hydrogens is 476 g/mol. The number of rotatable bonds is 10. The number of benzene rings is 2. The summed E-state index contributed by atoms with van der Waals surface area (Å²) < 4.78 is 8.93. The van der Waals surface area contributed by atoms with Crippen LogP contribution in [0.5, 0.6) is 5.75 Å². The zero-order valence-corrected chi connectivity index (χ0v) is 19.9. The van der Waals surface area contributed by atoms with Crippen LogP contribution in [0.15, 0.2) is 76.9 Å². The third-order valence-corrected chi connectivity index (χ3v) is 6.05. The first-order valence-electron chi connectivity index (χ1n) is 9.91. The van der Waals surface area contributed by atoms with Crippen LogP contribution in [0, 0.1) is 0 Å². The number of thioether (sulfide) groups is 1. The molecule has 162 valence electrons. The van der Waals surface area contributed by atoms with Crippen molar-refractivity contribution in [2.75, 3.05) is 5.75 Å². The van der Waals surface area contributed by atoms with E-state index in [4.69, 9.17) is 4.74 Å². The summed E-state index contributed by atoms with van der Waals surface area (Å²) in [5.41, 5.74) is 1.07. The Balaban J connectivity index is 1.63. The summed E-state index contributed by atoms with van der Waals surface area (Å²) in [7, 11) is 0. The number of ether oxygens (including phenoxy) is 1. The molecule has 0 fully saturated rings. The Hall–Kier alpha value is -2.58. The quantitative estimate of drug-likeness (QED) is 0.300. The second-order valence-electron chi connectivity index (χ2n) is 6.94. The Morgan fingerprint density at radius 2 is 1.90 bits per heavy atom. The zero-order valence-electron chi connectivity index (χ0n) is 17.5. The molecule has 0 bridgehead atoms. The van der Waals surface area contributed by atoms with Gasteiger partial charge in [0.05, 0.1) is 11.8 Å². The zero-order chi connectivity index (χ0) is 22.2. The van der Waals surface area contributed by atoms with Crippen LogP contribution in [-0.4, -0.2) is 26.4 Å². The molecule has 0 saturated heterocycles. The minimum Gasteiger partial charge on any atom is -0.483 e. The normalized spacial score (nSPS) is 12.7. The lowest BCUT2D eigenvalue weighted by Gasteiger charge is -2.16. The van der Waals surface area contributed by atoms with E-state index in [2.05, 4.69) is 38.0 Å². The number of carbonyl (C=O) groups excluding carboxylic acids is 1. The fourth-order valence-corrected chi connectivity index (χ4v) is 4.05. The number of hydrogen-bond acceptors (Lipinski definition) is 5. The van der Waals surface area contributed by atoms with Gasteiger partial charge in [-0.05, 0) is 43.7 Å². The number of amides is 1. The van der Waals surface area contributed by atoms with Gasteiger partial charge in [-0.25, -0.2) is 0 Å². The largest absolute Gasteiger partial charge is 0.483 e. The first-order valence-corrected chi connectivity index (χ1v) is 11.7. The Labute approximate surface area is 195 Å². The number of nitrogens with zero attached hydrogens (tertiary/aromatic N) is 3. The molecule has 2 unspecified atom stereocenters. The smallest absolute Gasteiger partial charge is 0.230 e. The maximum atomic E-state index is 12.4. The predicted octanol–water partition coefficient (Wildman–Crippen LogP) is 5.34. The number of carbonyl (C=O) groups is 1. The van der Waals surface area contributed by atoms with Gasteiger partial charge < -0.3 is 10.1 Å². The van der Waals surface area contributed by atoms with E-state index in [1.165, 1.54) is 11.8 Å². The van der Waals surface area contributed by atoms with E-state index in [9.17, 15) is 4.79 Å². The van der Waals surface area contributed by atoms with Crippen molar-refractivity contribution in [1.29, 1.82) is 0 Å². The SMILES string of the molecule is C=CCn1c(SCC(=O)NC(C)c2ccccc2)nnc1C(C)Oc1ccc(Br)cc1. The van der Waals surface area contributed by atoms with Crippen LogP contribution in [0.1, 0.15) is 37.4 Å². The molecule has 2 atom stereocenters. The molecule has 31 heavy (non-hydrogen) atoms. The maximum absolute atomic E-state index is 12.4. The fraction of sp³-hybridized carbons (Fsp3) is 0.261. The second-order valence-corrected chi connectivity index (χ2v) is 8.80. The van der Waals surface area contributed by atoms with E-state index in [1.54, 1.807) is 6.08 Å². The summed E-state index contributed by atoms with van der Waals surface area (Å²) in [6, 6.07) is 17.4. The highest BCUT2D eigenvalue weighted by molar-refractivity contribution is 9.10. The number of allylic oxidation sites excluding steroid dienone is 1. The minimum absolute atomic E-state index is 0.0600. The lowest BCUT2D eigenvalue weighted by atomic mass is 10.1. The highest BCUT2D eigenvalue weighted by Crippen LogP contribution is 2.26. The summed E-state index contributed by atoms with van der Waals surface area (Å²) in [5.74, 6) is 1.61. The molecule has 0 aliphatic carbocycles. The van der Waals surface area contributed by atoms with Gasteiger partial charge in [-0.1, -0.05) is 64.1 Å². The maximum Gasteiger partial charge on any atom is 0.230 e. The summed E-state index contributed by atoms with van der Waals surface area (Å²) in [4.78, 5) is 12.4. The van der Waals surface area contributed by atoms with Crippen molar-refractivity contribution in [2.45, 2.75) is 37.7 Å². The predicted molar refractivity (Wildman–Crippen MR) is 127 cm³/mol. The first-order chi connectivity index (χ1) is 15.0. The number of halogens is 1. The monoisotopic (exact) mass is 500 g/mol. The minimum atomic E-state index is -0.310. The van der Waals surface area contributed by atoms with Crippen LogP contribution in [0.3, 0.4) is 0 Å². The standard InChI is InChI=1S/C23H25BrN4O2S/c1-4-14-28-22(17(3)30-20-12-10-19(24)11-13-20)26-27-23(28)31-15-21(29)25-16(2)18-8-6-5-7-9-18/h4-13,16-17H,1,14-15H2,2-3H3,(H,25,29). The van der Waals surface area contributed by atoms with E-state index in [1.807, 2.05) is 73.0 Å². The molecule has 1 aromatic heterocycles. The van der Waals surface area contributed by atoms with Gasteiger partial charge in [0.2, 0.25) is 5.91 Å². The molecule has 0 aliphatic rings. The molecule has 2 aromatic carbocycles. The topological polar surface area (TPSA) is 69.0 Å². The van der Waals surface area contributed by atoms with Gasteiger partial charge in [-0.15, -0.1) is 16.8 Å². The van der Waals surface area contributed by atoms with Gasteiger partial charge in [-0.2, -0.15) is 0 Å². The highest BCUT2D eigenvalue weighted by atomic mass is 79.9. The molecule has 0 spiro atoms. The van der Waals surface area contributed by atoms with Crippen LogP contribution in [0.4, 0.5) is 0 Å². The summed E-state index contributed by atoms with van der Waals surface area (Å²) in [6.45, 7) is 8.25. The Morgan fingerprint density at radius 1 is 1.19 bits per heavy atom. The average molecular weight is 501 g/mol. The van der Waals surface area contributed by atoms with Crippen molar-refractivity contribution in [1.82, 2.24) is 20.1 Å². The molecule has 6 nitrogen and oxygen atoms in total.